The highest BCUT2D eigenvalue weighted by atomic mass is 31.2. The summed E-state index contributed by atoms with van der Waals surface area (Å²) in [5.74, 6) is -2.44. The van der Waals surface area contributed by atoms with Crippen molar-refractivity contribution < 1.29 is 38.3 Å². The molecule has 3 aromatic rings. The van der Waals surface area contributed by atoms with Crippen LogP contribution in [0.3, 0.4) is 0 Å². The minimum atomic E-state index is -4.81. The molecule has 0 saturated carbocycles. The van der Waals surface area contributed by atoms with Gasteiger partial charge in [-0.1, -0.05) is 6.07 Å². The fraction of sp³-hybridized carbons (Fsp3) is 0.294. The summed E-state index contributed by atoms with van der Waals surface area (Å²) in [4.78, 5) is 34.0. The Morgan fingerprint density at radius 3 is 2.90 bits per heavy atom. The fourth-order valence-electron chi connectivity index (χ4n) is 3.15. The molecule has 13 nitrogen and oxygen atoms in total. The van der Waals surface area contributed by atoms with Gasteiger partial charge in [0.25, 0.3) is 0 Å². The predicted octanol–water partition coefficient (Wildman–Crippen LogP) is 1.47. The lowest BCUT2D eigenvalue weighted by molar-refractivity contribution is -0.0215. The highest BCUT2D eigenvalue weighted by molar-refractivity contribution is 7.48. The number of carbonyl (C=O) groups is 1. The second kappa shape index (κ2) is 8.12. The average molecular weight is 451 g/mol. The highest BCUT2D eigenvalue weighted by Gasteiger charge is 2.34. The molecule has 5 N–H and O–H groups in total. The number of phosphoric acid groups is 1. The molecule has 164 valence electrons. The maximum absolute atomic E-state index is 12.1. The Labute approximate surface area is 174 Å². The average Bonchev–Trinajstić information content (AvgIpc) is 3.35. The molecule has 0 spiro atoms. The van der Waals surface area contributed by atoms with Gasteiger partial charge in [-0.25, -0.2) is 24.3 Å². The molecule has 3 atom stereocenters. The number of nitrogen functional groups attached to an aromatic ring is 1. The van der Waals surface area contributed by atoms with Gasteiger partial charge >= 0.3 is 13.8 Å². The van der Waals surface area contributed by atoms with Gasteiger partial charge in [-0.05, 0) is 25.0 Å². The number of nitrogens with zero attached hydrogens (tertiary/aromatic N) is 4. The largest absolute Gasteiger partial charge is 0.529 e. The first-order valence-corrected chi connectivity index (χ1v) is 10.6. The van der Waals surface area contributed by atoms with Crippen LogP contribution >= 0.6 is 7.82 Å². The van der Waals surface area contributed by atoms with Gasteiger partial charge in [0, 0.05) is 0 Å². The topological polar surface area (TPSA) is 192 Å². The van der Waals surface area contributed by atoms with Gasteiger partial charge in [0.2, 0.25) is 0 Å². The van der Waals surface area contributed by atoms with E-state index in [0.717, 1.165) is 12.1 Å². The first-order valence-electron chi connectivity index (χ1n) is 9.06. The van der Waals surface area contributed by atoms with Gasteiger partial charge in [0.15, 0.2) is 23.0 Å². The number of anilines is 1. The number of ether oxygens (including phenoxy) is 1. The molecular weight excluding hydrogens is 433 g/mol. The molecule has 1 saturated heterocycles. The van der Waals surface area contributed by atoms with Crippen LogP contribution in [0.15, 0.2) is 30.9 Å². The van der Waals surface area contributed by atoms with Gasteiger partial charge in [0.05, 0.1) is 19.0 Å². The van der Waals surface area contributed by atoms with E-state index < -0.39 is 43.2 Å². The van der Waals surface area contributed by atoms with E-state index in [0.29, 0.717) is 24.0 Å². The van der Waals surface area contributed by atoms with Crippen LogP contribution in [0.2, 0.25) is 0 Å². The van der Waals surface area contributed by atoms with E-state index in [9.17, 15) is 24.5 Å². The smallest absolute Gasteiger partial charge is 0.504 e. The number of hydrogen-bond acceptors (Lipinski definition) is 11. The maximum atomic E-state index is 12.1. The first kappa shape index (κ1) is 21.0. The van der Waals surface area contributed by atoms with Gasteiger partial charge in [0.1, 0.15) is 23.6 Å². The molecule has 14 heteroatoms. The van der Waals surface area contributed by atoms with Crippen LogP contribution in [0.4, 0.5) is 5.82 Å². The molecule has 31 heavy (non-hydrogen) atoms. The minimum absolute atomic E-state index is 0.238. The number of phenols is 2. The number of aromatic nitrogens is 4. The summed E-state index contributed by atoms with van der Waals surface area (Å²) in [6.45, 7) is -0.326. The molecular formula is C17H18N5O8P. The third-order valence-corrected chi connectivity index (χ3v) is 5.51. The van der Waals surface area contributed by atoms with Gasteiger partial charge < -0.3 is 25.2 Å². The van der Waals surface area contributed by atoms with Crippen molar-refractivity contribution in [1.29, 1.82) is 0 Å². The normalized spacial score (nSPS) is 20.5. The standard InChI is InChI=1S/C17H18N5O8P/c18-15-13-16(20-7-19-15)22(8-21-13)12-5-4-9(29-12)6-28-31(26,27)30-17(25)10-2-1-3-11(23)14(10)24/h1-3,7-9,12,23-24H,4-6H2,(H,26,27)(H2,18,19,20). The van der Waals surface area contributed by atoms with E-state index in [4.69, 9.17) is 15.0 Å². The molecule has 1 aromatic carbocycles. The molecule has 2 aromatic heterocycles. The maximum Gasteiger partial charge on any atom is 0.529 e. The second-order valence-electron chi connectivity index (χ2n) is 6.69. The number of aromatic hydroxyl groups is 2. The third kappa shape index (κ3) is 4.30. The van der Waals surface area contributed by atoms with Crippen molar-refractivity contribution in [2.45, 2.75) is 25.2 Å². The lowest BCUT2D eigenvalue weighted by Crippen LogP contribution is -2.17. The lowest BCUT2D eigenvalue weighted by Gasteiger charge is -2.17. The van der Waals surface area contributed by atoms with Crippen LogP contribution in [0, 0.1) is 0 Å². The second-order valence-corrected chi connectivity index (χ2v) is 8.07. The Balaban J connectivity index is 1.36. The van der Waals surface area contributed by atoms with Crippen molar-refractivity contribution in [3.8, 4) is 11.5 Å². The number of hydrogen-bond donors (Lipinski definition) is 4. The Kier molecular flexibility index (Phi) is 5.50. The number of carbonyl (C=O) groups excluding carboxylic acids is 1. The monoisotopic (exact) mass is 451 g/mol. The van der Waals surface area contributed by atoms with Crippen molar-refractivity contribution in [3.63, 3.8) is 0 Å². The molecule has 0 amide bonds. The summed E-state index contributed by atoms with van der Waals surface area (Å²) in [5, 5.41) is 19.1. The quantitative estimate of drug-likeness (QED) is 0.312. The summed E-state index contributed by atoms with van der Waals surface area (Å²) < 4.78 is 29.0. The van der Waals surface area contributed by atoms with E-state index >= 15 is 0 Å². The summed E-state index contributed by atoms with van der Waals surface area (Å²) >= 11 is 0. The van der Waals surface area contributed by atoms with Crippen LogP contribution < -0.4 is 5.73 Å². The van der Waals surface area contributed by atoms with Crippen LogP contribution in [-0.2, 0) is 18.3 Å². The third-order valence-electron chi connectivity index (χ3n) is 4.64. The van der Waals surface area contributed by atoms with E-state index in [-0.39, 0.29) is 12.4 Å². The van der Waals surface area contributed by atoms with Crippen molar-refractivity contribution in [3.05, 3.63) is 36.4 Å². The number of benzene rings is 1. The zero-order valence-electron chi connectivity index (χ0n) is 15.9. The predicted molar refractivity (Wildman–Crippen MR) is 104 cm³/mol. The summed E-state index contributed by atoms with van der Waals surface area (Å²) in [6.07, 6.45) is 2.87. The fourth-order valence-corrected chi connectivity index (χ4v) is 3.86. The van der Waals surface area contributed by atoms with E-state index in [1.807, 2.05) is 0 Å². The number of nitrogens with two attached hydrogens (primary N) is 1. The molecule has 1 aliphatic heterocycles. The van der Waals surface area contributed by atoms with Crippen molar-refractivity contribution in [2.75, 3.05) is 12.3 Å². The molecule has 0 aliphatic carbocycles. The van der Waals surface area contributed by atoms with Crippen LogP contribution in [0.5, 0.6) is 11.5 Å². The molecule has 1 aliphatic rings. The Morgan fingerprint density at radius 1 is 1.29 bits per heavy atom. The van der Waals surface area contributed by atoms with Crippen LogP contribution in [0.25, 0.3) is 11.2 Å². The number of phosphoric ester groups is 1. The zero-order valence-corrected chi connectivity index (χ0v) is 16.8. The Bertz CT molecular complexity index is 1180. The van der Waals surface area contributed by atoms with Gasteiger partial charge in [-0.15, -0.1) is 0 Å². The Hall–Kier alpha value is -3.25. The number of fused-ring (bicyclic) bond motifs is 1. The zero-order chi connectivity index (χ0) is 22.2. The molecule has 4 rings (SSSR count). The number of para-hydroxylation sites is 1. The van der Waals surface area contributed by atoms with E-state index in [2.05, 4.69) is 19.5 Å². The van der Waals surface area contributed by atoms with Gasteiger partial charge in [-0.3, -0.25) is 14.0 Å². The van der Waals surface area contributed by atoms with E-state index in [1.54, 1.807) is 4.57 Å². The summed E-state index contributed by atoms with van der Waals surface area (Å²) in [5.41, 5.74) is 6.22. The highest BCUT2D eigenvalue weighted by Crippen LogP contribution is 2.46. The molecule has 3 unspecified atom stereocenters. The van der Waals surface area contributed by atoms with Crippen LogP contribution in [-0.4, -0.2) is 53.3 Å². The van der Waals surface area contributed by atoms with Crippen LogP contribution in [0.1, 0.15) is 29.4 Å². The minimum Gasteiger partial charge on any atom is -0.504 e. The molecule has 1 fully saturated rings. The number of phenolic OH excluding ortho intramolecular Hbond substituents is 2. The van der Waals surface area contributed by atoms with Crippen molar-refractivity contribution >= 4 is 30.8 Å². The lowest BCUT2D eigenvalue weighted by atomic mass is 10.2. The summed E-state index contributed by atoms with van der Waals surface area (Å²) in [6, 6.07) is 3.52. The Morgan fingerprint density at radius 2 is 2.10 bits per heavy atom. The van der Waals surface area contributed by atoms with Gasteiger partial charge in [-0.2, -0.15) is 0 Å². The summed E-state index contributed by atoms with van der Waals surface area (Å²) in [7, 11) is -4.81. The van der Waals surface area contributed by atoms with Crippen molar-refractivity contribution in [2.24, 2.45) is 0 Å². The molecule has 3 heterocycles. The molecule has 0 radical (unpaired) electrons. The van der Waals surface area contributed by atoms with E-state index in [1.165, 1.54) is 18.7 Å². The number of rotatable bonds is 6. The SMILES string of the molecule is Nc1ncnc2c1ncn2C1CCC(COP(=O)(O)OC(=O)c2cccc(O)c2O)O1. The first-order chi connectivity index (χ1) is 14.7. The number of imidazole rings is 1. The molecule has 0 bridgehead atoms. The van der Waals surface area contributed by atoms with Crippen molar-refractivity contribution in [1.82, 2.24) is 19.5 Å².